The largest absolute Gasteiger partial charge is 0.368 e. The molecule has 2 aromatic carbocycles. The summed E-state index contributed by atoms with van der Waals surface area (Å²) < 4.78 is 0. The van der Waals surface area contributed by atoms with Crippen LogP contribution in [0.1, 0.15) is 45.2 Å². The minimum Gasteiger partial charge on any atom is -0.368 e. The van der Waals surface area contributed by atoms with E-state index in [4.69, 9.17) is 0 Å². The monoisotopic (exact) mass is 379 g/mol. The summed E-state index contributed by atoms with van der Waals surface area (Å²) in [5, 5.41) is 2.85. The van der Waals surface area contributed by atoms with Crippen LogP contribution in [0.3, 0.4) is 0 Å². The van der Waals surface area contributed by atoms with Gasteiger partial charge in [-0.15, -0.1) is 0 Å². The molecule has 1 N–H and O–H groups in total. The molecule has 1 heterocycles. The quantitative estimate of drug-likeness (QED) is 0.866. The van der Waals surface area contributed by atoms with E-state index in [1.807, 2.05) is 11.8 Å². The molecule has 0 aliphatic carbocycles. The minimum atomic E-state index is -0.0945. The number of nitrogens with zero attached hydrogens (tertiary/aromatic N) is 2. The first-order valence-electron chi connectivity index (χ1n) is 10.00. The molecule has 0 bridgehead atoms. The van der Waals surface area contributed by atoms with Crippen molar-refractivity contribution in [2.75, 3.05) is 37.6 Å². The fourth-order valence-corrected chi connectivity index (χ4v) is 3.52. The minimum absolute atomic E-state index is 0.0288. The number of piperazine rings is 1. The molecule has 28 heavy (non-hydrogen) atoms. The Morgan fingerprint density at radius 1 is 0.929 bits per heavy atom. The Labute approximate surface area is 167 Å². The lowest BCUT2D eigenvalue weighted by molar-refractivity contribution is 0.0746. The van der Waals surface area contributed by atoms with E-state index in [1.54, 1.807) is 24.3 Å². The molecular formula is C23H29N3O2. The van der Waals surface area contributed by atoms with Gasteiger partial charge in [-0.05, 0) is 61.7 Å². The first-order chi connectivity index (χ1) is 13.5. The molecule has 1 aliphatic rings. The van der Waals surface area contributed by atoms with Crippen LogP contribution in [-0.4, -0.2) is 49.4 Å². The lowest BCUT2D eigenvalue weighted by Gasteiger charge is -2.37. The normalized spacial score (nSPS) is 14.1. The third kappa shape index (κ3) is 4.35. The van der Waals surface area contributed by atoms with Crippen molar-refractivity contribution >= 4 is 17.5 Å². The maximum Gasteiger partial charge on any atom is 0.253 e. The summed E-state index contributed by atoms with van der Waals surface area (Å²) >= 11 is 0. The van der Waals surface area contributed by atoms with Crippen LogP contribution in [0.4, 0.5) is 5.69 Å². The summed E-state index contributed by atoms with van der Waals surface area (Å²) in [5.41, 5.74) is 5.07. The van der Waals surface area contributed by atoms with Crippen molar-refractivity contribution in [1.29, 1.82) is 0 Å². The summed E-state index contributed by atoms with van der Waals surface area (Å²) in [6.07, 6.45) is 0.899. The van der Waals surface area contributed by atoms with Crippen LogP contribution < -0.4 is 10.2 Å². The van der Waals surface area contributed by atoms with E-state index in [1.165, 1.54) is 16.8 Å². The van der Waals surface area contributed by atoms with Gasteiger partial charge in [-0.3, -0.25) is 9.59 Å². The first kappa shape index (κ1) is 19.9. The molecular weight excluding hydrogens is 350 g/mol. The number of benzene rings is 2. The summed E-state index contributed by atoms with van der Waals surface area (Å²) in [5.74, 6) is -0.0656. The van der Waals surface area contributed by atoms with Crippen LogP contribution in [0.2, 0.25) is 0 Å². The molecule has 0 aromatic heterocycles. The van der Waals surface area contributed by atoms with Gasteiger partial charge in [0.2, 0.25) is 0 Å². The van der Waals surface area contributed by atoms with Crippen LogP contribution in [0.25, 0.3) is 0 Å². The standard InChI is InChI=1S/C23H29N3O2/c1-4-12-24-22(27)19-8-10-20(11-9-19)23(28)26-15-13-25(14-16-26)21-7-5-6-17(2)18(21)3/h5-11H,4,12-16H2,1-3H3,(H,24,27). The second-order valence-corrected chi connectivity index (χ2v) is 7.33. The molecule has 2 aromatic rings. The second-order valence-electron chi connectivity index (χ2n) is 7.33. The molecule has 5 heteroatoms. The van der Waals surface area contributed by atoms with Crippen molar-refractivity contribution in [2.45, 2.75) is 27.2 Å². The highest BCUT2D eigenvalue weighted by atomic mass is 16.2. The number of hydrogen-bond donors (Lipinski definition) is 1. The van der Waals surface area contributed by atoms with Gasteiger partial charge >= 0.3 is 0 Å². The van der Waals surface area contributed by atoms with Gasteiger partial charge in [-0.2, -0.15) is 0 Å². The number of hydrogen-bond acceptors (Lipinski definition) is 3. The van der Waals surface area contributed by atoms with Gasteiger partial charge in [-0.1, -0.05) is 19.1 Å². The number of carbonyl (C=O) groups excluding carboxylic acids is 2. The van der Waals surface area contributed by atoms with Gasteiger partial charge in [0.05, 0.1) is 0 Å². The van der Waals surface area contributed by atoms with Gasteiger partial charge in [0.1, 0.15) is 0 Å². The number of amides is 2. The highest BCUT2D eigenvalue weighted by Crippen LogP contribution is 2.24. The van der Waals surface area contributed by atoms with E-state index in [2.05, 4.69) is 42.3 Å². The Bertz CT molecular complexity index is 837. The number of rotatable bonds is 5. The van der Waals surface area contributed by atoms with Crippen molar-refractivity contribution in [3.63, 3.8) is 0 Å². The molecule has 1 aliphatic heterocycles. The number of nitrogens with one attached hydrogen (secondary N) is 1. The third-order valence-electron chi connectivity index (χ3n) is 5.41. The first-order valence-corrected chi connectivity index (χ1v) is 10.00. The molecule has 1 fully saturated rings. The van der Waals surface area contributed by atoms with E-state index in [0.717, 1.165) is 19.5 Å². The Morgan fingerprint density at radius 3 is 2.21 bits per heavy atom. The van der Waals surface area contributed by atoms with Crippen LogP contribution >= 0.6 is 0 Å². The SMILES string of the molecule is CCCNC(=O)c1ccc(C(=O)N2CCN(c3cccc(C)c3C)CC2)cc1. The summed E-state index contributed by atoms with van der Waals surface area (Å²) in [7, 11) is 0. The fourth-order valence-electron chi connectivity index (χ4n) is 3.52. The average Bonchev–Trinajstić information content (AvgIpc) is 2.73. The predicted molar refractivity (Wildman–Crippen MR) is 113 cm³/mol. The van der Waals surface area contributed by atoms with E-state index >= 15 is 0 Å². The number of anilines is 1. The zero-order valence-corrected chi connectivity index (χ0v) is 17.0. The Kier molecular flexibility index (Phi) is 6.34. The molecule has 5 nitrogen and oxygen atoms in total. The van der Waals surface area contributed by atoms with Crippen molar-refractivity contribution in [1.82, 2.24) is 10.2 Å². The smallest absolute Gasteiger partial charge is 0.253 e. The Balaban J connectivity index is 1.60. The molecule has 2 amide bonds. The zero-order chi connectivity index (χ0) is 20.1. The van der Waals surface area contributed by atoms with Crippen molar-refractivity contribution < 1.29 is 9.59 Å². The molecule has 0 atom stereocenters. The molecule has 0 unspecified atom stereocenters. The van der Waals surface area contributed by atoms with Gasteiger partial charge in [0.25, 0.3) is 11.8 Å². The Hall–Kier alpha value is -2.82. The van der Waals surface area contributed by atoms with Crippen LogP contribution in [0, 0.1) is 13.8 Å². The van der Waals surface area contributed by atoms with Crippen molar-refractivity contribution in [2.24, 2.45) is 0 Å². The van der Waals surface area contributed by atoms with Crippen molar-refractivity contribution in [3.05, 3.63) is 64.7 Å². The van der Waals surface area contributed by atoms with E-state index in [9.17, 15) is 9.59 Å². The maximum atomic E-state index is 12.8. The highest BCUT2D eigenvalue weighted by Gasteiger charge is 2.23. The lowest BCUT2D eigenvalue weighted by atomic mass is 10.1. The van der Waals surface area contributed by atoms with Gasteiger partial charge in [-0.25, -0.2) is 0 Å². The fraction of sp³-hybridized carbons (Fsp3) is 0.391. The topological polar surface area (TPSA) is 52.7 Å². The molecule has 0 spiro atoms. The van der Waals surface area contributed by atoms with E-state index in [-0.39, 0.29) is 11.8 Å². The molecule has 0 saturated carbocycles. The van der Waals surface area contributed by atoms with Crippen molar-refractivity contribution in [3.8, 4) is 0 Å². The average molecular weight is 380 g/mol. The molecule has 1 saturated heterocycles. The second kappa shape index (κ2) is 8.91. The van der Waals surface area contributed by atoms with Gasteiger partial charge in [0.15, 0.2) is 0 Å². The van der Waals surface area contributed by atoms with Crippen LogP contribution in [0.15, 0.2) is 42.5 Å². The van der Waals surface area contributed by atoms with E-state index in [0.29, 0.717) is 30.8 Å². The number of aryl methyl sites for hydroxylation is 1. The molecule has 0 radical (unpaired) electrons. The van der Waals surface area contributed by atoms with Gasteiger partial charge < -0.3 is 15.1 Å². The highest BCUT2D eigenvalue weighted by molar-refractivity contribution is 5.97. The Morgan fingerprint density at radius 2 is 1.57 bits per heavy atom. The predicted octanol–water partition coefficient (Wildman–Crippen LogP) is 3.41. The molecule has 148 valence electrons. The van der Waals surface area contributed by atoms with Crippen LogP contribution in [0.5, 0.6) is 0 Å². The lowest BCUT2D eigenvalue weighted by Crippen LogP contribution is -2.49. The van der Waals surface area contributed by atoms with E-state index < -0.39 is 0 Å². The van der Waals surface area contributed by atoms with Gasteiger partial charge in [0, 0.05) is 49.5 Å². The van der Waals surface area contributed by atoms with Crippen LogP contribution in [-0.2, 0) is 0 Å². The zero-order valence-electron chi connectivity index (χ0n) is 17.0. The summed E-state index contributed by atoms with van der Waals surface area (Å²) in [6, 6.07) is 13.3. The summed E-state index contributed by atoms with van der Waals surface area (Å²) in [6.45, 7) is 10.0. The summed E-state index contributed by atoms with van der Waals surface area (Å²) in [4.78, 5) is 29.1. The maximum absolute atomic E-state index is 12.8. The third-order valence-corrected chi connectivity index (χ3v) is 5.41. The number of carbonyl (C=O) groups is 2. The molecule has 3 rings (SSSR count).